The number of hydrogen-bond acceptors (Lipinski definition) is 6. The molecule has 1 aliphatic heterocycles. The average molecular weight is 428 g/mol. The van der Waals surface area contributed by atoms with Crippen molar-refractivity contribution in [3.63, 3.8) is 0 Å². The molecule has 8 nitrogen and oxygen atoms in total. The van der Waals surface area contributed by atoms with Crippen molar-refractivity contribution >= 4 is 17.0 Å². The molecule has 1 amide bonds. The fourth-order valence-corrected chi connectivity index (χ4v) is 4.54. The molecule has 1 aliphatic carbocycles. The number of hydrogen-bond donors (Lipinski definition) is 1. The van der Waals surface area contributed by atoms with E-state index in [4.69, 9.17) is 9.51 Å². The molecule has 0 spiro atoms. The summed E-state index contributed by atoms with van der Waals surface area (Å²) in [6.07, 6.45) is 4.12. The van der Waals surface area contributed by atoms with Crippen LogP contribution in [0.15, 0.2) is 40.9 Å². The van der Waals surface area contributed by atoms with Gasteiger partial charge in [0.05, 0.1) is 22.3 Å². The summed E-state index contributed by atoms with van der Waals surface area (Å²) >= 11 is 0. The Bertz CT molecular complexity index is 1280. The summed E-state index contributed by atoms with van der Waals surface area (Å²) in [7, 11) is 0. The van der Waals surface area contributed by atoms with E-state index in [0.29, 0.717) is 53.0 Å². The van der Waals surface area contributed by atoms with Crippen molar-refractivity contribution in [2.45, 2.75) is 44.4 Å². The van der Waals surface area contributed by atoms with Crippen LogP contribution in [0.1, 0.15) is 65.2 Å². The number of H-pyrrole nitrogens is 1. The fourth-order valence-electron chi connectivity index (χ4n) is 4.54. The number of aromatic nitrogens is 5. The molecule has 2 aliphatic rings. The Kier molecular flexibility index (Phi) is 4.52. The molecule has 2 fully saturated rings. The van der Waals surface area contributed by atoms with Crippen molar-refractivity contribution in [1.29, 1.82) is 0 Å². The molecular weight excluding hydrogens is 404 g/mol. The summed E-state index contributed by atoms with van der Waals surface area (Å²) in [4.78, 5) is 24.8. The molecule has 32 heavy (non-hydrogen) atoms. The highest BCUT2D eigenvalue weighted by atomic mass is 16.5. The second kappa shape index (κ2) is 7.55. The number of likely N-dealkylation sites (tertiary alicyclic amines) is 1. The second-order valence-corrected chi connectivity index (χ2v) is 8.79. The zero-order valence-electron chi connectivity index (χ0n) is 17.9. The van der Waals surface area contributed by atoms with Crippen LogP contribution in [0.3, 0.4) is 0 Å². The summed E-state index contributed by atoms with van der Waals surface area (Å²) in [6, 6.07) is 11.7. The second-order valence-electron chi connectivity index (χ2n) is 8.79. The molecule has 1 saturated heterocycles. The van der Waals surface area contributed by atoms with Gasteiger partial charge in [0.15, 0.2) is 5.82 Å². The van der Waals surface area contributed by atoms with Gasteiger partial charge in [-0.15, -0.1) is 0 Å². The van der Waals surface area contributed by atoms with Gasteiger partial charge < -0.3 is 9.42 Å². The van der Waals surface area contributed by atoms with Gasteiger partial charge in [-0.25, -0.2) is 9.97 Å². The summed E-state index contributed by atoms with van der Waals surface area (Å²) in [5, 5.41) is 12.3. The molecule has 8 heteroatoms. The zero-order valence-corrected chi connectivity index (χ0v) is 17.9. The van der Waals surface area contributed by atoms with Crippen LogP contribution in [0.4, 0.5) is 0 Å². The standard InChI is InChI=1S/C24H24N6O2/c1-14-20-18(13-19(25-23(20)32-29-14)15-5-3-2-4-6-15)24(31)30-11-9-17(10-12-30)22-26-21(27-28-22)16-7-8-16/h2-6,13,16-17H,7-12H2,1H3,(H,26,27,28). The third-order valence-corrected chi connectivity index (χ3v) is 6.55. The zero-order chi connectivity index (χ0) is 21.7. The largest absolute Gasteiger partial charge is 0.339 e. The van der Waals surface area contributed by atoms with Crippen LogP contribution in [0.2, 0.25) is 0 Å². The number of aryl methyl sites for hydroxylation is 1. The molecule has 1 saturated carbocycles. The Morgan fingerprint density at radius 3 is 2.59 bits per heavy atom. The van der Waals surface area contributed by atoms with Crippen LogP contribution in [0.25, 0.3) is 22.4 Å². The fraction of sp³-hybridized carbons (Fsp3) is 0.375. The number of benzene rings is 1. The lowest BCUT2D eigenvalue weighted by molar-refractivity contribution is 0.0713. The SMILES string of the molecule is Cc1noc2nc(-c3ccccc3)cc(C(=O)N3CCC(c4nc(C5CC5)n[nH]4)CC3)c12. The van der Waals surface area contributed by atoms with E-state index in [0.717, 1.165) is 30.1 Å². The van der Waals surface area contributed by atoms with E-state index in [2.05, 4.69) is 20.3 Å². The topological polar surface area (TPSA) is 101 Å². The van der Waals surface area contributed by atoms with Crippen molar-refractivity contribution in [2.24, 2.45) is 0 Å². The first-order chi connectivity index (χ1) is 15.7. The monoisotopic (exact) mass is 428 g/mol. The van der Waals surface area contributed by atoms with E-state index in [1.807, 2.05) is 48.2 Å². The summed E-state index contributed by atoms with van der Waals surface area (Å²) in [5.41, 5.74) is 3.33. The summed E-state index contributed by atoms with van der Waals surface area (Å²) < 4.78 is 5.44. The lowest BCUT2D eigenvalue weighted by Gasteiger charge is -2.31. The third kappa shape index (κ3) is 3.36. The molecule has 0 radical (unpaired) electrons. The molecule has 0 unspecified atom stereocenters. The third-order valence-electron chi connectivity index (χ3n) is 6.55. The van der Waals surface area contributed by atoms with Gasteiger partial charge in [0.2, 0.25) is 0 Å². The van der Waals surface area contributed by atoms with E-state index in [9.17, 15) is 4.79 Å². The highest BCUT2D eigenvalue weighted by Gasteiger charge is 2.31. The number of piperidine rings is 1. The number of aromatic amines is 1. The molecule has 4 aromatic rings. The Morgan fingerprint density at radius 1 is 1.06 bits per heavy atom. The van der Waals surface area contributed by atoms with E-state index in [1.165, 1.54) is 12.8 Å². The number of carbonyl (C=O) groups excluding carboxylic acids is 1. The predicted molar refractivity (Wildman–Crippen MR) is 118 cm³/mol. The van der Waals surface area contributed by atoms with E-state index in [1.54, 1.807) is 0 Å². The molecule has 4 heterocycles. The molecule has 0 bridgehead atoms. The van der Waals surface area contributed by atoms with E-state index < -0.39 is 0 Å². The minimum atomic E-state index is -0.00410. The van der Waals surface area contributed by atoms with Crippen molar-refractivity contribution < 1.29 is 9.32 Å². The minimum absolute atomic E-state index is 0.00410. The van der Waals surface area contributed by atoms with Gasteiger partial charge in [-0.05, 0) is 38.7 Å². The minimum Gasteiger partial charge on any atom is -0.339 e. The maximum absolute atomic E-state index is 13.6. The Hall–Kier alpha value is -3.55. The van der Waals surface area contributed by atoms with Gasteiger partial charge in [-0.3, -0.25) is 9.89 Å². The van der Waals surface area contributed by atoms with Gasteiger partial charge in [-0.2, -0.15) is 5.10 Å². The lowest BCUT2D eigenvalue weighted by atomic mass is 9.95. The van der Waals surface area contributed by atoms with Crippen LogP contribution < -0.4 is 0 Å². The van der Waals surface area contributed by atoms with Crippen LogP contribution in [-0.4, -0.2) is 49.2 Å². The first-order valence-corrected chi connectivity index (χ1v) is 11.2. The van der Waals surface area contributed by atoms with Crippen molar-refractivity contribution in [3.05, 3.63) is 59.3 Å². The molecule has 0 atom stereocenters. The number of amides is 1. The number of nitrogens with one attached hydrogen (secondary N) is 1. The van der Waals surface area contributed by atoms with Crippen molar-refractivity contribution in [1.82, 2.24) is 30.2 Å². The molecule has 1 N–H and O–H groups in total. The van der Waals surface area contributed by atoms with Gasteiger partial charge >= 0.3 is 0 Å². The molecule has 6 rings (SSSR count). The van der Waals surface area contributed by atoms with E-state index >= 15 is 0 Å². The Balaban J connectivity index is 1.26. The maximum Gasteiger partial charge on any atom is 0.259 e. The normalized spacial score (nSPS) is 17.2. The summed E-state index contributed by atoms with van der Waals surface area (Å²) in [6.45, 7) is 3.20. The van der Waals surface area contributed by atoms with Crippen LogP contribution in [0.5, 0.6) is 0 Å². The average Bonchev–Trinajstić information content (AvgIpc) is 3.46. The maximum atomic E-state index is 13.6. The van der Waals surface area contributed by atoms with Gasteiger partial charge in [0.25, 0.3) is 11.6 Å². The number of pyridine rings is 1. The van der Waals surface area contributed by atoms with Crippen LogP contribution in [0, 0.1) is 6.92 Å². The molecular formula is C24H24N6O2. The molecule has 162 valence electrons. The Morgan fingerprint density at radius 2 is 1.84 bits per heavy atom. The van der Waals surface area contributed by atoms with Gasteiger partial charge in [0.1, 0.15) is 5.82 Å². The van der Waals surface area contributed by atoms with Crippen LogP contribution >= 0.6 is 0 Å². The smallest absolute Gasteiger partial charge is 0.259 e. The quantitative estimate of drug-likeness (QED) is 0.522. The first-order valence-electron chi connectivity index (χ1n) is 11.2. The van der Waals surface area contributed by atoms with Crippen LogP contribution in [-0.2, 0) is 0 Å². The van der Waals surface area contributed by atoms with Gasteiger partial charge in [0, 0.05) is 30.5 Å². The number of rotatable bonds is 4. The number of carbonyl (C=O) groups is 1. The molecule has 3 aromatic heterocycles. The number of fused-ring (bicyclic) bond motifs is 1. The number of nitrogens with zero attached hydrogens (tertiary/aromatic N) is 5. The molecule has 1 aromatic carbocycles. The predicted octanol–water partition coefficient (Wildman–Crippen LogP) is 4.21. The highest BCUT2D eigenvalue weighted by Crippen LogP contribution is 2.39. The van der Waals surface area contributed by atoms with Crippen molar-refractivity contribution in [3.8, 4) is 11.3 Å². The highest BCUT2D eigenvalue weighted by molar-refractivity contribution is 6.07. The first kappa shape index (κ1) is 19.2. The van der Waals surface area contributed by atoms with Gasteiger partial charge in [-0.1, -0.05) is 35.5 Å². The summed E-state index contributed by atoms with van der Waals surface area (Å²) in [5.74, 6) is 2.77. The lowest BCUT2D eigenvalue weighted by Crippen LogP contribution is -2.38. The van der Waals surface area contributed by atoms with E-state index in [-0.39, 0.29) is 5.91 Å². The van der Waals surface area contributed by atoms with Crippen molar-refractivity contribution in [2.75, 3.05) is 13.1 Å². The Labute approximate surface area is 185 Å².